The fourth-order valence-corrected chi connectivity index (χ4v) is 10.6. The minimum absolute atomic E-state index is 1.08. The second-order valence-corrected chi connectivity index (χ2v) is 17.2. The Bertz CT molecular complexity index is 4000. The van der Waals surface area contributed by atoms with Crippen LogP contribution in [0.2, 0.25) is 0 Å². The molecule has 308 valence electrons. The SMILES string of the molecule is c1cc(-c2cccc3ccccc23)cc(N(c2ccc(-c3ccccc3-n3c4ccccc4c4c5ccccc5ccc43)cc2)c2ccccc2-c2cc3ccccc3c3ccccc23)c1. The zero-order chi connectivity index (χ0) is 43.6. The van der Waals surface area contributed by atoms with E-state index in [1.54, 1.807) is 0 Å². The van der Waals surface area contributed by atoms with E-state index < -0.39 is 0 Å². The van der Waals surface area contributed by atoms with Crippen LogP contribution in [-0.4, -0.2) is 4.57 Å². The summed E-state index contributed by atoms with van der Waals surface area (Å²) in [6.07, 6.45) is 0. The zero-order valence-corrected chi connectivity index (χ0v) is 36.1. The first-order valence-electron chi connectivity index (χ1n) is 22.8. The summed E-state index contributed by atoms with van der Waals surface area (Å²) in [7, 11) is 0. The smallest absolute Gasteiger partial charge is 0.0547 e. The third-order valence-electron chi connectivity index (χ3n) is 13.6. The van der Waals surface area contributed by atoms with E-state index in [1.807, 2.05) is 0 Å². The maximum Gasteiger partial charge on any atom is 0.0547 e. The molecule has 0 aliphatic rings. The lowest BCUT2D eigenvalue weighted by Gasteiger charge is -2.29. The van der Waals surface area contributed by atoms with Crippen LogP contribution in [0.25, 0.3) is 104 Å². The number of anilines is 3. The van der Waals surface area contributed by atoms with Crippen molar-refractivity contribution in [3.05, 3.63) is 255 Å². The highest BCUT2D eigenvalue weighted by Crippen LogP contribution is 2.46. The number of aromatic nitrogens is 1. The van der Waals surface area contributed by atoms with Crippen LogP contribution in [-0.2, 0) is 0 Å². The normalized spacial score (nSPS) is 11.6. The molecular formula is C64H42N2. The van der Waals surface area contributed by atoms with Crippen molar-refractivity contribution in [3.8, 4) is 39.1 Å². The summed E-state index contributed by atoms with van der Waals surface area (Å²) in [6, 6.07) is 93.3. The van der Waals surface area contributed by atoms with Gasteiger partial charge >= 0.3 is 0 Å². The van der Waals surface area contributed by atoms with Gasteiger partial charge in [0.1, 0.15) is 0 Å². The Labute approximate surface area is 383 Å². The van der Waals surface area contributed by atoms with Crippen molar-refractivity contribution in [1.82, 2.24) is 4.57 Å². The Balaban J connectivity index is 1.00. The summed E-state index contributed by atoms with van der Waals surface area (Å²) in [5, 5.41) is 12.5. The van der Waals surface area contributed by atoms with Gasteiger partial charge in [-0.25, -0.2) is 0 Å². The Kier molecular flexibility index (Phi) is 8.89. The van der Waals surface area contributed by atoms with Gasteiger partial charge in [0.2, 0.25) is 0 Å². The maximum atomic E-state index is 2.45. The van der Waals surface area contributed by atoms with E-state index in [0.29, 0.717) is 0 Å². The topological polar surface area (TPSA) is 8.17 Å². The van der Waals surface area contributed by atoms with E-state index in [4.69, 9.17) is 0 Å². The third-order valence-corrected chi connectivity index (χ3v) is 13.6. The van der Waals surface area contributed by atoms with Crippen LogP contribution in [0, 0.1) is 0 Å². The van der Waals surface area contributed by atoms with Gasteiger partial charge in [-0.2, -0.15) is 0 Å². The predicted octanol–water partition coefficient (Wildman–Crippen LogP) is 17.9. The predicted molar refractivity (Wildman–Crippen MR) is 282 cm³/mol. The Morgan fingerprint density at radius 1 is 0.273 bits per heavy atom. The molecule has 0 N–H and O–H groups in total. The number of rotatable bonds is 7. The van der Waals surface area contributed by atoms with E-state index in [2.05, 4.69) is 264 Å². The highest BCUT2D eigenvalue weighted by molar-refractivity contribution is 6.21. The van der Waals surface area contributed by atoms with Crippen LogP contribution >= 0.6 is 0 Å². The van der Waals surface area contributed by atoms with Gasteiger partial charge < -0.3 is 9.47 Å². The summed E-state index contributed by atoms with van der Waals surface area (Å²) >= 11 is 0. The number of hydrogen-bond acceptors (Lipinski definition) is 1. The first-order valence-corrected chi connectivity index (χ1v) is 22.8. The number of benzene rings is 12. The van der Waals surface area contributed by atoms with Crippen molar-refractivity contribution in [2.45, 2.75) is 0 Å². The molecule has 0 spiro atoms. The van der Waals surface area contributed by atoms with Crippen LogP contribution in [0.1, 0.15) is 0 Å². The molecule has 0 radical (unpaired) electrons. The molecule has 0 bridgehead atoms. The summed E-state index contributed by atoms with van der Waals surface area (Å²) in [6.45, 7) is 0. The largest absolute Gasteiger partial charge is 0.310 e. The van der Waals surface area contributed by atoms with Gasteiger partial charge in [-0.15, -0.1) is 0 Å². The molecule has 0 amide bonds. The molecule has 13 rings (SSSR count). The molecule has 0 aliphatic carbocycles. The highest BCUT2D eigenvalue weighted by atomic mass is 15.1. The molecule has 0 fully saturated rings. The van der Waals surface area contributed by atoms with Gasteiger partial charge in [-0.3, -0.25) is 0 Å². The highest BCUT2D eigenvalue weighted by Gasteiger charge is 2.22. The Morgan fingerprint density at radius 3 is 1.70 bits per heavy atom. The van der Waals surface area contributed by atoms with Crippen LogP contribution in [0.3, 0.4) is 0 Å². The van der Waals surface area contributed by atoms with E-state index >= 15 is 0 Å². The Morgan fingerprint density at radius 2 is 0.864 bits per heavy atom. The average Bonchev–Trinajstić information content (AvgIpc) is 3.73. The lowest BCUT2D eigenvalue weighted by Crippen LogP contribution is -2.11. The van der Waals surface area contributed by atoms with Crippen LogP contribution in [0.15, 0.2) is 255 Å². The molecule has 13 aromatic rings. The van der Waals surface area contributed by atoms with E-state index in [0.717, 1.165) is 28.3 Å². The first-order chi connectivity index (χ1) is 32.8. The van der Waals surface area contributed by atoms with Gasteiger partial charge in [-0.1, -0.05) is 200 Å². The lowest BCUT2D eigenvalue weighted by atomic mass is 9.92. The summed E-state index contributed by atoms with van der Waals surface area (Å²) in [5.41, 5.74) is 13.9. The minimum Gasteiger partial charge on any atom is -0.310 e. The average molecular weight is 839 g/mol. The van der Waals surface area contributed by atoms with Gasteiger partial charge in [0.15, 0.2) is 0 Å². The molecule has 0 atom stereocenters. The van der Waals surface area contributed by atoms with Crippen molar-refractivity contribution < 1.29 is 0 Å². The van der Waals surface area contributed by atoms with Crippen molar-refractivity contribution in [3.63, 3.8) is 0 Å². The van der Waals surface area contributed by atoms with Gasteiger partial charge in [-0.05, 0) is 120 Å². The molecule has 0 unspecified atom stereocenters. The first kappa shape index (κ1) is 37.8. The Hall–Kier alpha value is -8.72. The molecule has 1 heterocycles. The fourth-order valence-electron chi connectivity index (χ4n) is 10.6. The molecule has 0 saturated carbocycles. The van der Waals surface area contributed by atoms with E-state index in [9.17, 15) is 0 Å². The second kappa shape index (κ2) is 15.5. The summed E-state index contributed by atoms with van der Waals surface area (Å²) in [5.74, 6) is 0. The van der Waals surface area contributed by atoms with Gasteiger partial charge in [0.05, 0.1) is 22.4 Å². The molecule has 0 aliphatic heterocycles. The van der Waals surface area contributed by atoms with E-state index in [-0.39, 0.29) is 0 Å². The molecule has 2 nitrogen and oxygen atoms in total. The number of fused-ring (bicyclic) bond motifs is 9. The van der Waals surface area contributed by atoms with Gasteiger partial charge in [0, 0.05) is 33.3 Å². The summed E-state index contributed by atoms with van der Waals surface area (Å²) < 4.78 is 2.45. The summed E-state index contributed by atoms with van der Waals surface area (Å²) in [4.78, 5) is 2.45. The fraction of sp³-hybridized carbons (Fsp3) is 0. The monoisotopic (exact) mass is 838 g/mol. The second-order valence-electron chi connectivity index (χ2n) is 17.2. The lowest BCUT2D eigenvalue weighted by molar-refractivity contribution is 1.18. The van der Waals surface area contributed by atoms with Crippen LogP contribution in [0.4, 0.5) is 17.1 Å². The van der Waals surface area contributed by atoms with Gasteiger partial charge in [0.25, 0.3) is 0 Å². The quantitative estimate of drug-likeness (QED) is 0.145. The third kappa shape index (κ3) is 6.11. The molecule has 66 heavy (non-hydrogen) atoms. The number of hydrogen-bond donors (Lipinski definition) is 0. The minimum atomic E-state index is 1.08. The van der Waals surface area contributed by atoms with Crippen LogP contribution < -0.4 is 4.90 Å². The van der Waals surface area contributed by atoms with Crippen molar-refractivity contribution in [2.24, 2.45) is 0 Å². The number of nitrogens with zero attached hydrogens (tertiary/aromatic N) is 2. The van der Waals surface area contributed by atoms with Crippen LogP contribution in [0.5, 0.6) is 0 Å². The van der Waals surface area contributed by atoms with E-state index in [1.165, 1.54) is 92.7 Å². The molecule has 12 aromatic carbocycles. The molecular weight excluding hydrogens is 797 g/mol. The van der Waals surface area contributed by atoms with Crippen molar-refractivity contribution >= 4 is 82.0 Å². The number of para-hydroxylation sites is 3. The zero-order valence-electron chi connectivity index (χ0n) is 36.1. The van der Waals surface area contributed by atoms with Crippen molar-refractivity contribution in [1.29, 1.82) is 0 Å². The molecule has 2 heteroatoms. The standard InChI is InChI=1S/C64H42N2/c1-4-23-50-43(17-1)20-16-31-51(50)46-21-15-22-49(41-46)65(61-33-13-10-29-57(61)59-42-47-19-3-5-24-52(47)55-27-7-8-28-56(55)59)48-38-35-45(36-39-48)53-25-9-12-32-60(53)66-62-34-14-11-30-58(62)64-54-26-6-2-18-44(54)37-40-63(64)66/h1-42H. The maximum absolute atomic E-state index is 2.45. The van der Waals surface area contributed by atoms with Crippen molar-refractivity contribution in [2.75, 3.05) is 4.90 Å². The molecule has 1 aromatic heterocycles. The molecule has 0 saturated heterocycles.